The van der Waals surface area contributed by atoms with E-state index >= 15 is 0 Å². The van der Waals surface area contributed by atoms with Crippen LogP contribution in [0.2, 0.25) is 0 Å². The van der Waals surface area contributed by atoms with Crippen LogP contribution in [0.3, 0.4) is 0 Å². The fraction of sp³-hybridized carbons (Fsp3) is 0.292. The minimum atomic E-state index is -0.795. The summed E-state index contributed by atoms with van der Waals surface area (Å²) >= 11 is 0. The molecule has 32 heavy (non-hydrogen) atoms. The van der Waals surface area contributed by atoms with Crippen LogP contribution in [0.15, 0.2) is 59.3 Å². The Morgan fingerprint density at radius 2 is 1.94 bits per heavy atom. The molecule has 1 aliphatic rings. The van der Waals surface area contributed by atoms with Gasteiger partial charge < -0.3 is 10.0 Å². The molecule has 1 amide bonds. The van der Waals surface area contributed by atoms with Gasteiger partial charge in [-0.1, -0.05) is 12.1 Å². The van der Waals surface area contributed by atoms with Crippen molar-refractivity contribution in [1.82, 2.24) is 4.90 Å². The zero-order chi connectivity index (χ0) is 23.3. The summed E-state index contributed by atoms with van der Waals surface area (Å²) in [5.74, 6) is -4.55. The lowest BCUT2D eigenvalue weighted by molar-refractivity contribution is -0.127. The van der Waals surface area contributed by atoms with E-state index in [1.807, 2.05) is 0 Å². The van der Waals surface area contributed by atoms with Crippen LogP contribution in [0.4, 0.5) is 13.2 Å². The highest BCUT2D eigenvalue weighted by Crippen LogP contribution is 2.36. The summed E-state index contributed by atoms with van der Waals surface area (Å²) in [6.45, 7) is 0.380. The molecule has 5 nitrogen and oxygen atoms in total. The standard InChI is InChI=1S/C24H23F3N2O3/c1-28-14-23(31)22(30)13-24(32)29-9-3-6-18(29)12-19(15-4-2-5-16(25)10-15)20-11-17(26)7-8-21(20)27/h2,4-5,7-8,10-11,13-14,18-19,30H,3,6,9,12H2,1H3/b22-13-,28-14?/t18-,19-/m1/s1. The molecule has 1 aliphatic heterocycles. The van der Waals surface area contributed by atoms with Crippen LogP contribution < -0.4 is 0 Å². The van der Waals surface area contributed by atoms with Gasteiger partial charge >= 0.3 is 0 Å². The van der Waals surface area contributed by atoms with Crippen LogP contribution in [0.5, 0.6) is 0 Å². The van der Waals surface area contributed by atoms with Crippen molar-refractivity contribution in [3.05, 3.63) is 82.9 Å². The maximum atomic E-state index is 14.6. The number of carbonyl (C=O) groups is 2. The zero-order valence-electron chi connectivity index (χ0n) is 17.5. The smallest absolute Gasteiger partial charge is 0.250 e. The van der Waals surface area contributed by atoms with E-state index in [2.05, 4.69) is 4.99 Å². The monoisotopic (exact) mass is 444 g/mol. The lowest BCUT2D eigenvalue weighted by Crippen LogP contribution is -2.36. The van der Waals surface area contributed by atoms with Crippen LogP contribution in [0.1, 0.15) is 36.3 Å². The molecule has 1 heterocycles. The summed E-state index contributed by atoms with van der Waals surface area (Å²) < 4.78 is 42.5. The first-order chi connectivity index (χ1) is 15.3. The minimum Gasteiger partial charge on any atom is -0.504 e. The van der Waals surface area contributed by atoms with Crippen molar-refractivity contribution in [2.45, 2.75) is 31.2 Å². The largest absolute Gasteiger partial charge is 0.504 e. The van der Waals surface area contributed by atoms with Crippen molar-refractivity contribution < 1.29 is 27.9 Å². The number of allylic oxidation sites excluding steroid dienone is 1. The second-order valence-corrected chi connectivity index (χ2v) is 7.62. The number of likely N-dealkylation sites (tertiary alicyclic amines) is 1. The molecular weight excluding hydrogens is 421 g/mol. The van der Waals surface area contributed by atoms with Crippen molar-refractivity contribution in [2.75, 3.05) is 13.6 Å². The van der Waals surface area contributed by atoms with Gasteiger partial charge in [-0.2, -0.15) is 0 Å². The molecule has 0 saturated carbocycles. The fourth-order valence-electron chi connectivity index (χ4n) is 4.04. The summed E-state index contributed by atoms with van der Waals surface area (Å²) in [7, 11) is 1.36. The van der Waals surface area contributed by atoms with Crippen molar-refractivity contribution >= 4 is 17.9 Å². The van der Waals surface area contributed by atoms with Gasteiger partial charge in [-0.3, -0.25) is 14.6 Å². The molecule has 1 fully saturated rings. The molecule has 1 N–H and O–H groups in total. The average Bonchev–Trinajstić information content (AvgIpc) is 3.22. The van der Waals surface area contributed by atoms with Crippen LogP contribution in [0.25, 0.3) is 0 Å². The molecule has 0 radical (unpaired) electrons. The first-order valence-corrected chi connectivity index (χ1v) is 10.2. The number of benzene rings is 2. The third kappa shape index (κ3) is 5.43. The number of rotatable bonds is 7. The highest BCUT2D eigenvalue weighted by atomic mass is 19.1. The quantitative estimate of drug-likeness (QED) is 0.393. The Balaban J connectivity index is 1.91. The van der Waals surface area contributed by atoms with E-state index in [-0.39, 0.29) is 18.0 Å². The van der Waals surface area contributed by atoms with Crippen molar-refractivity contribution in [3.63, 3.8) is 0 Å². The topological polar surface area (TPSA) is 70.0 Å². The van der Waals surface area contributed by atoms with E-state index in [1.54, 1.807) is 6.07 Å². The van der Waals surface area contributed by atoms with E-state index in [1.165, 1.54) is 30.1 Å². The number of aliphatic imine (C=N–C) groups is 1. The predicted molar refractivity (Wildman–Crippen MR) is 114 cm³/mol. The highest BCUT2D eigenvalue weighted by Gasteiger charge is 2.32. The van der Waals surface area contributed by atoms with Gasteiger partial charge in [0.25, 0.3) is 5.91 Å². The molecular formula is C24H23F3N2O3. The van der Waals surface area contributed by atoms with Crippen molar-refractivity contribution in [1.29, 1.82) is 0 Å². The maximum absolute atomic E-state index is 14.6. The van der Waals surface area contributed by atoms with Gasteiger partial charge in [-0.15, -0.1) is 0 Å². The molecule has 3 rings (SSSR count). The van der Waals surface area contributed by atoms with Crippen molar-refractivity contribution in [3.8, 4) is 0 Å². The number of aliphatic hydroxyl groups is 1. The summed E-state index contributed by atoms with van der Waals surface area (Å²) in [6, 6.07) is 8.40. The lowest BCUT2D eigenvalue weighted by Gasteiger charge is -2.28. The summed E-state index contributed by atoms with van der Waals surface area (Å²) in [6.07, 6.45) is 3.20. The molecule has 1 saturated heterocycles. The van der Waals surface area contributed by atoms with E-state index in [0.717, 1.165) is 30.5 Å². The first-order valence-electron chi connectivity index (χ1n) is 10.2. The normalized spacial score (nSPS) is 17.7. The summed E-state index contributed by atoms with van der Waals surface area (Å²) in [5, 5.41) is 9.84. The molecule has 0 aliphatic carbocycles. The Hall–Kier alpha value is -3.42. The third-order valence-electron chi connectivity index (χ3n) is 5.51. The molecule has 0 unspecified atom stereocenters. The lowest BCUT2D eigenvalue weighted by atomic mass is 9.85. The van der Waals surface area contributed by atoms with Crippen LogP contribution in [-0.2, 0) is 9.59 Å². The molecule has 0 bridgehead atoms. The number of ketones is 1. The number of Topliss-reactive ketones (excluding diaryl/α,β-unsaturated/α-hetero) is 1. The highest BCUT2D eigenvalue weighted by molar-refractivity contribution is 6.34. The number of hydrogen-bond donors (Lipinski definition) is 1. The van der Waals surface area contributed by atoms with Gasteiger partial charge in [0.15, 0.2) is 5.76 Å². The first kappa shape index (κ1) is 23.2. The van der Waals surface area contributed by atoms with Gasteiger partial charge in [0.05, 0.1) is 6.21 Å². The van der Waals surface area contributed by atoms with E-state index in [9.17, 15) is 27.9 Å². The molecule has 168 valence electrons. The minimum absolute atomic E-state index is 0.0719. The number of nitrogens with zero attached hydrogens (tertiary/aromatic N) is 2. The zero-order valence-corrected chi connectivity index (χ0v) is 17.5. The van der Waals surface area contributed by atoms with Crippen molar-refractivity contribution in [2.24, 2.45) is 4.99 Å². The van der Waals surface area contributed by atoms with Gasteiger partial charge in [-0.25, -0.2) is 13.2 Å². The number of amides is 1. The molecule has 8 heteroatoms. The van der Waals surface area contributed by atoms with Gasteiger partial charge in [0.1, 0.15) is 17.5 Å². The Morgan fingerprint density at radius 3 is 2.66 bits per heavy atom. The Kier molecular flexibility index (Phi) is 7.45. The average molecular weight is 444 g/mol. The number of hydrogen-bond acceptors (Lipinski definition) is 4. The Morgan fingerprint density at radius 1 is 1.19 bits per heavy atom. The number of halogens is 3. The second kappa shape index (κ2) is 10.3. The molecule has 0 spiro atoms. The van der Waals surface area contributed by atoms with Crippen LogP contribution in [-0.4, -0.2) is 47.5 Å². The van der Waals surface area contributed by atoms with Gasteiger partial charge in [0, 0.05) is 31.6 Å². The van der Waals surface area contributed by atoms with Crippen LogP contribution >= 0.6 is 0 Å². The molecule has 2 atom stereocenters. The number of carbonyl (C=O) groups excluding carboxylic acids is 2. The van der Waals surface area contributed by atoms with E-state index in [0.29, 0.717) is 24.9 Å². The Labute approximate surface area is 183 Å². The molecule has 2 aromatic rings. The third-order valence-corrected chi connectivity index (χ3v) is 5.51. The predicted octanol–water partition coefficient (Wildman–Crippen LogP) is 4.33. The summed E-state index contributed by atoms with van der Waals surface area (Å²) in [5.41, 5.74) is 0.532. The number of aliphatic hydroxyl groups excluding tert-OH is 1. The van der Waals surface area contributed by atoms with Gasteiger partial charge in [-0.05, 0) is 60.7 Å². The summed E-state index contributed by atoms with van der Waals surface area (Å²) in [4.78, 5) is 29.4. The second-order valence-electron chi connectivity index (χ2n) is 7.62. The Bertz CT molecular complexity index is 1070. The molecule has 2 aromatic carbocycles. The van der Waals surface area contributed by atoms with E-state index < -0.39 is 40.8 Å². The molecule has 0 aromatic heterocycles. The van der Waals surface area contributed by atoms with Gasteiger partial charge in [0.2, 0.25) is 5.78 Å². The fourth-order valence-corrected chi connectivity index (χ4v) is 4.04. The van der Waals surface area contributed by atoms with Crippen LogP contribution in [0, 0.1) is 17.5 Å². The SMILES string of the molecule is CN=CC(=O)/C(O)=C/C(=O)N1CCC[C@@H]1C[C@H](c1cccc(F)c1)c1cc(F)ccc1F. The maximum Gasteiger partial charge on any atom is 0.250 e. The van der Waals surface area contributed by atoms with E-state index in [4.69, 9.17) is 0 Å².